The fourth-order valence-corrected chi connectivity index (χ4v) is 3.80. The van der Waals surface area contributed by atoms with E-state index in [0.717, 1.165) is 22.0 Å². The number of carbonyl (C=O) groups is 1. The molecule has 3 aromatic heterocycles. The van der Waals surface area contributed by atoms with Crippen molar-refractivity contribution in [2.45, 2.75) is 20.0 Å². The number of nitrogens with one attached hydrogen (secondary N) is 1. The summed E-state index contributed by atoms with van der Waals surface area (Å²) in [4.78, 5) is 21.7. The predicted octanol–water partition coefficient (Wildman–Crippen LogP) is 3.72. The lowest BCUT2D eigenvalue weighted by Crippen LogP contribution is -2.22. The van der Waals surface area contributed by atoms with E-state index in [9.17, 15) is 4.79 Å². The topological polar surface area (TPSA) is 81.9 Å². The summed E-state index contributed by atoms with van der Waals surface area (Å²) in [6, 6.07) is 15.4. The maximum atomic E-state index is 12.6. The number of aromatic nitrogens is 4. The number of hydrogen-bond donors (Lipinski definition) is 1. The molecule has 1 N–H and O–H groups in total. The van der Waals surface area contributed by atoms with Crippen LogP contribution in [-0.4, -0.2) is 32.3 Å². The van der Waals surface area contributed by atoms with Crippen molar-refractivity contribution in [2.75, 3.05) is 6.61 Å². The summed E-state index contributed by atoms with van der Waals surface area (Å²) in [5, 5.41) is 8.21. The number of ether oxygens (including phenoxy) is 1. The normalized spacial score (nSPS) is 10.7. The fraction of sp³-hybridized carbons (Fsp3) is 0.182. The third-order valence-corrected chi connectivity index (χ3v) is 5.55. The van der Waals surface area contributed by atoms with Crippen LogP contribution in [0.5, 0.6) is 5.75 Å². The van der Waals surface area contributed by atoms with E-state index < -0.39 is 0 Å². The molecular formula is C22H21N5O2S. The lowest BCUT2D eigenvalue weighted by atomic mass is 10.3. The molecular weight excluding hydrogens is 398 g/mol. The van der Waals surface area contributed by atoms with Gasteiger partial charge >= 0.3 is 0 Å². The monoisotopic (exact) mass is 419 g/mol. The molecule has 152 valence electrons. The Hall–Kier alpha value is -3.52. The summed E-state index contributed by atoms with van der Waals surface area (Å²) in [6.45, 7) is 3.40. The number of nitrogens with zero attached hydrogens (tertiary/aromatic N) is 4. The van der Waals surface area contributed by atoms with Gasteiger partial charge in [0, 0.05) is 25.1 Å². The first kappa shape index (κ1) is 19.8. The van der Waals surface area contributed by atoms with E-state index in [-0.39, 0.29) is 5.91 Å². The van der Waals surface area contributed by atoms with Crippen LogP contribution in [0.3, 0.4) is 0 Å². The lowest BCUT2D eigenvalue weighted by molar-refractivity contribution is 0.0954. The predicted molar refractivity (Wildman–Crippen MR) is 115 cm³/mol. The lowest BCUT2D eigenvalue weighted by Gasteiger charge is -2.05. The minimum atomic E-state index is -0.143. The van der Waals surface area contributed by atoms with Gasteiger partial charge in [0.2, 0.25) is 0 Å². The molecule has 0 saturated carbocycles. The van der Waals surface area contributed by atoms with Gasteiger partial charge in [0.05, 0.1) is 12.2 Å². The Labute approximate surface area is 178 Å². The molecule has 7 nitrogen and oxygen atoms in total. The molecule has 1 aromatic carbocycles. The zero-order valence-electron chi connectivity index (χ0n) is 16.5. The van der Waals surface area contributed by atoms with Crippen LogP contribution in [0.2, 0.25) is 0 Å². The first-order chi connectivity index (χ1) is 14.7. The molecule has 1 amide bonds. The molecule has 0 spiro atoms. The van der Waals surface area contributed by atoms with Gasteiger partial charge in [0.25, 0.3) is 5.91 Å². The highest BCUT2D eigenvalue weighted by molar-refractivity contribution is 7.17. The van der Waals surface area contributed by atoms with Gasteiger partial charge in [-0.1, -0.05) is 24.3 Å². The van der Waals surface area contributed by atoms with Crippen molar-refractivity contribution in [3.63, 3.8) is 0 Å². The van der Waals surface area contributed by atoms with Crippen molar-refractivity contribution in [2.24, 2.45) is 0 Å². The maximum absolute atomic E-state index is 12.6. The Morgan fingerprint density at radius 2 is 2.03 bits per heavy atom. The van der Waals surface area contributed by atoms with Crippen molar-refractivity contribution in [3.05, 3.63) is 83.3 Å². The average molecular weight is 420 g/mol. The first-order valence-corrected chi connectivity index (χ1v) is 10.4. The largest absolute Gasteiger partial charge is 0.492 e. The Morgan fingerprint density at radius 3 is 2.83 bits per heavy atom. The van der Waals surface area contributed by atoms with Crippen LogP contribution in [-0.2, 0) is 13.1 Å². The number of pyridine rings is 1. The van der Waals surface area contributed by atoms with Crippen LogP contribution in [0.1, 0.15) is 20.9 Å². The molecule has 3 heterocycles. The second-order valence-electron chi connectivity index (χ2n) is 6.60. The van der Waals surface area contributed by atoms with Crippen molar-refractivity contribution in [1.29, 1.82) is 0 Å². The molecule has 0 saturated heterocycles. The summed E-state index contributed by atoms with van der Waals surface area (Å²) in [5.74, 6) is 0.693. The van der Waals surface area contributed by atoms with Crippen molar-refractivity contribution in [3.8, 4) is 16.5 Å². The van der Waals surface area contributed by atoms with Crippen LogP contribution in [0.15, 0.2) is 67.1 Å². The third-order valence-electron chi connectivity index (χ3n) is 4.37. The smallest absolute Gasteiger partial charge is 0.263 e. The highest BCUT2D eigenvalue weighted by Crippen LogP contribution is 2.26. The molecule has 8 heteroatoms. The number of carbonyl (C=O) groups excluding carboxylic acids is 1. The summed E-state index contributed by atoms with van der Waals surface area (Å²) in [5.41, 5.74) is 2.39. The van der Waals surface area contributed by atoms with Gasteiger partial charge in [0.15, 0.2) is 0 Å². The number of para-hydroxylation sites is 1. The van der Waals surface area contributed by atoms with E-state index in [4.69, 9.17) is 4.74 Å². The van der Waals surface area contributed by atoms with Gasteiger partial charge in [-0.05, 0) is 36.8 Å². The minimum absolute atomic E-state index is 0.143. The number of thiazole rings is 1. The second kappa shape index (κ2) is 9.32. The SMILES string of the molecule is Cc1nc(-c2ccn(CCOc3ccccc3)n2)sc1C(=O)NCc1cccnc1. The molecule has 0 unspecified atom stereocenters. The Morgan fingerprint density at radius 1 is 1.17 bits per heavy atom. The molecule has 0 atom stereocenters. The van der Waals surface area contributed by atoms with Gasteiger partial charge in [-0.2, -0.15) is 5.10 Å². The number of rotatable bonds is 8. The maximum Gasteiger partial charge on any atom is 0.263 e. The Kier molecular flexibility index (Phi) is 6.14. The fourth-order valence-electron chi connectivity index (χ4n) is 2.86. The Balaban J connectivity index is 1.36. The number of hydrogen-bond acceptors (Lipinski definition) is 6. The second-order valence-corrected chi connectivity index (χ2v) is 7.60. The molecule has 4 aromatic rings. The van der Waals surface area contributed by atoms with E-state index in [1.165, 1.54) is 11.3 Å². The molecule has 30 heavy (non-hydrogen) atoms. The zero-order valence-corrected chi connectivity index (χ0v) is 17.3. The highest BCUT2D eigenvalue weighted by Gasteiger charge is 2.17. The van der Waals surface area contributed by atoms with E-state index in [2.05, 4.69) is 20.4 Å². The molecule has 0 radical (unpaired) electrons. The highest BCUT2D eigenvalue weighted by atomic mass is 32.1. The van der Waals surface area contributed by atoms with Crippen molar-refractivity contribution < 1.29 is 9.53 Å². The minimum Gasteiger partial charge on any atom is -0.492 e. The van der Waals surface area contributed by atoms with Gasteiger partial charge in [-0.25, -0.2) is 4.98 Å². The standard InChI is InChI=1S/C22H21N5O2S/c1-16-20(21(28)24-15-17-6-5-10-23-14-17)30-22(25-16)19-9-11-27(26-19)12-13-29-18-7-3-2-4-8-18/h2-11,14H,12-13,15H2,1H3,(H,24,28). The van der Waals surface area contributed by atoms with Crippen LogP contribution < -0.4 is 10.1 Å². The number of amides is 1. The molecule has 0 fully saturated rings. The van der Waals surface area contributed by atoms with Gasteiger partial charge in [0.1, 0.15) is 27.9 Å². The summed E-state index contributed by atoms with van der Waals surface area (Å²) in [7, 11) is 0. The summed E-state index contributed by atoms with van der Waals surface area (Å²) < 4.78 is 7.53. The molecule has 0 aliphatic carbocycles. The molecule has 0 aliphatic heterocycles. The van der Waals surface area contributed by atoms with Crippen molar-refractivity contribution in [1.82, 2.24) is 25.1 Å². The zero-order chi connectivity index (χ0) is 20.8. The average Bonchev–Trinajstić information content (AvgIpc) is 3.40. The molecule has 0 aliphatic rings. The van der Waals surface area contributed by atoms with E-state index >= 15 is 0 Å². The van der Waals surface area contributed by atoms with Crippen molar-refractivity contribution >= 4 is 17.2 Å². The van der Waals surface area contributed by atoms with E-state index in [1.54, 1.807) is 12.4 Å². The first-order valence-electron chi connectivity index (χ1n) is 9.55. The van der Waals surface area contributed by atoms with Gasteiger partial charge in [-0.3, -0.25) is 14.5 Å². The third kappa shape index (κ3) is 4.90. The molecule has 0 bridgehead atoms. The van der Waals surface area contributed by atoms with Crippen LogP contribution in [0.25, 0.3) is 10.7 Å². The van der Waals surface area contributed by atoms with Gasteiger partial charge in [-0.15, -0.1) is 11.3 Å². The number of benzene rings is 1. The van der Waals surface area contributed by atoms with E-state index in [0.29, 0.717) is 30.3 Å². The van der Waals surface area contributed by atoms with Gasteiger partial charge < -0.3 is 10.1 Å². The summed E-state index contributed by atoms with van der Waals surface area (Å²) >= 11 is 1.34. The Bertz CT molecular complexity index is 1110. The quantitative estimate of drug-likeness (QED) is 0.471. The van der Waals surface area contributed by atoms with Crippen LogP contribution in [0, 0.1) is 6.92 Å². The van der Waals surface area contributed by atoms with E-state index in [1.807, 2.05) is 66.3 Å². The molecule has 4 rings (SSSR count). The summed E-state index contributed by atoms with van der Waals surface area (Å²) in [6.07, 6.45) is 5.33. The van der Waals surface area contributed by atoms with Crippen LogP contribution in [0.4, 0.5) is 0 Å². The van der Waals surface area contributed by atoms with Crippen LogP contribution >= 0.6 is 11.3 Å². The number of aryl methyl sites for hydroxylation is 1.